The molecule has 0 fully saturated rings. The van der Waals surface area contributed by atoms with Gasteiger partial charge in [0.25, 0.3) is 0 Å². The van der Waals surface area contributed by atoms with Gasteiger partial charge in [0.05, 0.1) is 6.54 Å². The van der Waals surface area contributed by atoms with Gasteiger partial charge in [-0.05, 0) is 48.2 Å². The third-order valence-corrected chi connectivity index (χ3v) is 3.61. The highest BCUT2D eigenvalue weighted by molar-refractivity contribution is 5.92. The zero-order chi connectivity index (χ0) is 15.9. The number of benzene rings is 1. The van der Waals surface area contributed by atoms with Crippen LogP contribution in [0, 0.1) is 0 Å². The lowest BCUT2D eigenvalue weighted by Gasteiger charge is -2.14. The number of carbonyl (C=O) groups excluding carboxylic acids is 1. The minimum Gasteiger partial charge on any atom is -0.325 e. The predicted octanol–water partition coefficient (Wildman–Crippen LogP) is 3.49. The van der Waals surface area contributed by atoms with Crippen LogP contribution in [-0.4, -0.2) is 17.4 Å². The van der Waals surface area contributed by atoms with Crippen molar-refractivity contribution in [2.75, 3.05) is 11.9 Å². The van der Waals surface area contributed by atoms with Gasteiger partial charge in [-0.1, -0.05) is 26.0 Å². The van der Waals surface area contributed by atoms with Gasteiger partial charge in [-0.3, -0.25) is 9.78 Å². The quantitative estimate of drug-likeness (QED) is 0.858. The van der Waals surface area contributed by atoms with E-state index in [2.05, 4.69) is 35.5 Å². The second-order valence-corrected chi connectivity index (χ2v) is 5.71. The fraction of sp³-hybridized carbons (Fsp3) is 0.333. The second-order valence-electron chi connectivity index (χ2n) is 5.71. The Labute approximate surface area is 132 Å². The molecule has 116 valence electrons. The molecule has 0 bridgehead atoms. The van der Waals surface area contributed by atoms with E-state index >= 15 is 0 Å². The van der Waals surface area contributed by atoms with Gasteiger partial charge in [0.1, 0.15) is 0 Å². The minimum atomic E-state index is -0.0400. The van der Waals surface area contributed by atoms with Crippen LogP contribution in [0.3, 0.4) is 0 Å². The number of pyridine rings is 1. The Morgan fingerprint density at radius 1 is 1.09 bits per heavy atom. The van der Waals surface area contributed by atoms with Crippen LogP contribution in [0.2, 0.25) is 0 Å². The molecule has 0 aliphatic rings. The number of carbonyl (C=O) groups is 1. The molecule has 1 aromatic heterocycles. The van der Waals surface area contributed by atoms with Gasteiger partial charge in [0.2, 0.25) is 5.91 Å². The van der Waals surface area contributed by atoms with E-state index in [4.69, 9.17) is 0 Å². The maximum atomic E-state index is 12.0. The Bertz CT molecular complexity index is 611. The van der Waals surface area contributed by atoms with Crippen molar-refractivity contribution in [3.05, 3.63) is 59.9 Å². The Morgan fingerprint density at radius 2 is 1.82 bits per heavy atom. The Kier molecular flexibility index (Phi) is 5.67. The SMILES string of the molecule is CC(C)c1cccc(NC(=O)CNC(C)c2ccncc2)c1. The Hall–Kier alpha value is -2.20. The lowest BCUT2D eigenvalue weighted by atomic mass is 10.0. The maximum Gasteiger partial charge on any atom is 0.238 e. The summed E-state index contributed by atoms with van der Waals surface area (Å²) in [5.74, 6) is 0.406. The molecule has 0 aliphatic carbocycles. The van der Waals surface area contributed by atoms with E-state index in [0.717, 1.165) is 11.3 Å². The Morgan fingerprint density at radius 3 is 2.50 bits per heavy atom. The number of rotatable bonds is 6. The first kappa shape index (κ1) is 16.2. The molecule has 4 heteroatoms. The summed E-state index contributed by atoms with van der Waals surface area (Å²) in [7, 11) is 0. The fourth-order valence-electron chi connectivity index (χ4n) is 2.20. The van der Waals surface area contributed by atoms with Crippen LogP contribution in [0.1, 0.15) is 43.9 Å². The number of aromatic nitrogens is 1. The minimum absolute atomic E-state index is 0.0400. The van der Waals surface area contributed by atoms with Gasteiger partial charge in [-0.2, -0.15) is 0 Å². The molecule has 0 spiro atoms. The number of hydrogen-bond acceptors (Lipinski definition) is 3. The summed E-state index contributed by atoms with van der Waals surface area (Å²) in [6.07, 6.45) is 3.51. The molecule has 1 unspecified atom stereocenters. The lowest BCUT2D eigenvalue weighted by molar-refractivity contribution is -0.115. The van der Waals surface area contributed by atoms with Crippen molar-refractivity contribution in [2.45, 2.75) is 32.7 Å². The molecule has 0 saturated carbocycles. The largest absolute Gasteiger partial charge is 0.325 e. The van der Waals surface area contributed by atoms with Gasteiger partial charge in [0.15, 0.2) is 0 Å². The highest BCUT2D eigenvalue weighted by Gasteiger charge is 2.08. The normalized spacial score (nSPS) is 12.2. The summed E-state index contributed by atoms with van der Waals surface area (Å²) in [6.45, 7) is 6.58. The molecule has 0 radical (unpaired) electrons. The summed E-state index contributed by atoms with van der Waals surface area (Å²) < 4.78 is 0. The molecule has 1 amide bonds. The van der Waals surface area contributed by atoms with Gasteiger partial charge < -0.3 is 10.6 Å². The number of hydrogen-bond donors (Lipinski definition) is 2. The molecule has 2 N–H and O–H groups in total. The van der Waals surface area contributed by atoms with Crippen LogP contribution in [0.15, 0.2) is 48.8 Å². The Balaban J connectivity index is 1.87. The van der Waals surface area contributed by atoms with Crippen LogP contribution in [0.25, 0.3) is 0 Å². The number of amides is 1. The summed E-state index contributed by atoms with van der Waals surface area (Å²) in [5, 5.41) is 6.15. The van der Waals surface area contributed by atoms with Crippen LogP contribution in [0.5, 0.6) is 0 Å². The third-order valence-electron chi connectivity index (χ3n) is 3.61. The average Bonchev–Trinajstić information content (AvgIpc) is 2.53. The van der Waals surface area contributed by atoms with Gasteiger partial charge >= 0.3 is 0 Å². The van der Waals surface area contributed by atoms with Gasteiger partial charge in [-0.15, -0.1) is 0 Å². The fourth-order valence-corrected chi connectivity index (χ4v) is 2.20. The average molecular weight is 297 g/mol. The smallest absolute Gasteiger partial charge is 0.238 e. The molecule has 1 heterocycles. The molecular formula is C18H23N3O. The summed E-state index contributed by atoms with van der Waals surface area (Å²) in [4.78, 5) is 16.0. The highest BCUT2D eigenvalue weighted by Crippen LogP contribution is 2.18. The van der Waals surface area contributed by atoms with Crippen LogP contribution >= 0.6 is 0 Å². The topological polar surface area (TPSA) is 54.0 Å². The number of nitrogens with zero attached hydrogens (tertiary/aromatic N) is 1. The highest BCUT2D eigenvalue weighted by atomic mass is 16.1. The summed E-state index contributed by atoms with van der Waals surface area (Å²) in [6, 6.07) is 12.0. The van der Waals surface area contributed by atoms with E-state index in [-0.39, 0.29) is 18.5 Å². The number of nitrogens with one attached hydrogen (secondary N) is 2. The van der Waals surface area contributed by atoms with Crippen molar-refractivity contribution >= 4 is 11.6 Å². The number of anilines is 1. The molecule has 2 rings (SSSR count). The molecule has 0 saturated heterocycles. The van der Waals surface area contributed by atoms with Crippen molar-refractivity contribution in [3.63, 3.8) is 0 Å². The predicted molar refractivity (Wildman–Crippen MR) is 89.8 cm³/mol. The monoisotopic (exact) mass is 297 g/mol. The zero-order valence-corrected chi connectivity index (χ0v) is 13.3. The van der Waals surface area contributed by atoms with Crippen LogP contribution in [0.4, 0.5) is 5.69 Å². The van der Waals surface area contributed by atoms with E-state index in [0.29, 0.717) is 5.92 Å². The maximum absolute atomic E-state index is 12.0. The van der Waals surface area contributed by atoms with Gasteiger partial charge in [-0.25, -0.2) is 0 Å². The lowest BCUT2D eigenvalue weighted by Crippen LogP contribution is -2.30. The molecule has 4 nitrogen and oxygen atoms in total. The van der Waals surface area contributed by atoms with Crippen molar-refractivity contribution in [2.24, 2.45) is 0 Å². The van der Waals surface area contributed by atoms with Gasteiger partial charge in [0, 0.05) is 24.1 Å². The summed E-state index contributed by atoms with van der Waals surface area (Å²) in [5.41, 5.74) is 3.18. The molecule has 1 aromatic carbocycles. The van der Waals surface area contributed by atoms with E-state index in [1.807, 2.05) is 37.3 Å². The third kappa shape index (κ3) is 4.67. The second kappa shape index (κ2) is 7.71. The van der Waals surface area contributed by atoms with Crippen molar-refractivity contribution < 1.29 is 4.79 Å². The van der Waals surface area contributed by atoms with E-state index in [9.17, 15) is 4.79 Å². The molecular weight excluding hydrogens is 274 g/mol. The molecule has 0 aliphatic heterocycles. The van der Waals surface area contributed by atoms with Crippen molar-refractivity contribution in [1.29, 1.82) is 0 Å². The standard InChI is InChI=1S/C18H23N3O/c1-13(2)16-5-4-6-17(11-16)21-18(22)12-20-14(3)15-7-9-19-10-8-15/h4-11,13-14,20H,12H2,1-3H3,(H,21,22). The van der Waals surface area contributed by atoms with Crippen molar-refractivity contribution in [3.8, 4) is 0 Å². The van der Waals surface area contributed by atoms with E-state index < -0.39 is 0 Å². The summed E-state index contributed by atoms with van der Waals surface area (Å²) >= 11 is 0. The molecule has 1 atom stereocenters. The first-order chi connectivity index (χ1) is 10.6. The van der Waals surface area contributed by atoms with Crippen LogP contribution < -0.4 is 10.6 Å². The molecule has 22 heavy (non-hydrogen) atoms. The van der Waals surface area contributed by atoms with Crippen molar-refractivity contribution in [1.82, 2.24) is 10.3 Å². The van der Waals surface area contributed by atoms with E-state index in [1.54, 1.807) is 12.4 Å². The first-order valence-electron chi connectivity index (χ1n) is 7.59. The van der Waals surface area contributed by atoms with Crippen LogP contribution in [-0.2, 0) is 4.79 Å². The molecule has 2 aromatic rings. The van der Waals surface area contributed by atoms with E-state index in [1.165, 1.54) is 5.56 Å². The zero-order valence-electron chi connectivity index (χ0n) is 13.3. The first-order valence-corrected chi connectivity index (χ1v) is 7.59.